The minimum Gasteiger partial charge on any atom is -0.488 e. The van der Waals surface area contributed by atoms with E-state index in [2.05, 4.69) is 55.1 Å². The van der Waals surface area contributed by atoms with Gasteiger partial charge in [0.1, 0.15) is 18.7 Å². The predicted octanol–water partition coefficient (Wildman–Crippen LogP) is 4.53. The Kier molecular flexibility index (Phi) is 5.83. The molecule has 3 rings (SSSR count). The fourth-order valence-corrected chi connectivity index (χ4v) is 2.86. The third-order valence-electron chi connectivity index (χ3n) is 4.39. The number of imidazole rings is 1. The van der Waals surface area contributed by atoms with Crippen LogP contribution in [0.25, 0.3) is 0 Å². The molecule has 0 unspecified atom stereocenters. The Balaban J connectivity index is 1.84. The molecule has 5 nitrogen and oxygen atoms in total. The van der Waals surface area contributed by atoms with Gasteiger partial charge in [0.25, 0.3) is 0 Å². The minimum atomic E-state index is 0.147. The van der Waals surface area contributed by atoms with Crippen molar-refractivity contribution >= 4 is 5.84 Å². The van der Waals surface area contributed by atoms with E-state index in [1.54, 1.807) is 17.5 Å². The minimum absolute atomic E-state index is 0.147. The van der Waals surface area contributed by atoms with Crippen LogP contribution >= 0.6 is 0 Å². The zero-order valence-electron chi connectivity index (χ0n) is 17.3. The van der Waals surface area contributed by atoms with Gasteiger partial charge in [-0.2, -0.15) is 5.10 Å². The highest BCUT2D eigenvalue weighted by Gasteiger charge is 2.15. The second-order valence-corrected chi connectivity index (χ2v) is 7.97. The SMILES string of the molecule is CN(C)N=C(c1ccccc1OCc1ccc(C(C)(C)C)cc1)n1ccnc1. The predicted molar refractivity (Wildman–Crippen MR) is 114 cm³/mol. The van der Waals surface area contributed by atoms with Gasteiger partial charge in [0, 0.05) is 26.5 Å². The second-order valence-electron chi connectivity index (χ2n) is 7.97. The monoisotopic (exact) mass is 376 g/mol. The quantitative estimate of drug-likeness (QED) is 0.373. The van der Waals surface area contributed by atoms with Gasteiger partial charge in [0.05, 0.1) is 5.56 Å². The number of hydrogen-bond acceptors (Lipinski definition) is 4. The Morgan fingerprint density at radius 2 is 1.79 bits per heavy atom. The van der Waals surface area contributed by atoms with Gasteiger partial charge in [-0.1, -0.05) is 57.2 Å². The summed E-state index contributed by atoms with van der Waals surface area (Å²) < 4.78 is 8.07. The van der Waals surface area contributed by atoms with Gasteiger partial charge in [-0.3, -0.25) is 4.57 Å². The Morgan fingerprint density at radius 1 is 1.07 bits per heavy atom. The van der Waals surface area contributed by atoms with Gasteiger partial charge < -0.3 is 9.75 Å². The Morgan fingerprint density at radius 3 is 2.39 bits per heavy atom. The van der Waals surface area contributed by atoms with E-state index in [0.717, 1.165) is 22.7 Å². The molecule has 0 aliphatic rings. The van der Waals surface area contributed by atoms with Crippen molar-refractivity contribution in [1.82, 2.24) is 14.6 Å². The number of para-hydroxylation sites is 1. The Bertz CT molecular complexity index is 920. The van der Waals surface area contributed by atoms with Gasteiger partial charge in [0.2, 0.25) is 0 Å². The summed E-state index contributed by atoms with van der Waals surface area (Å²) in [4.78, 5) is 4.15. The number of hydrogen-bond donors (Lipinski definition) is 0. The first-order valence-corrected chi connectivity index (χ1v) is 9.40. The van der Waals surface area contributed by atoms with Crippen LogP contribution in [0.3, 0.4) is 0 Å². The molecule has 0 radical (unpaired) electrons. The maximum atomic E-state index is 6.18. The van der Waals surface area contributed by atoms with Crippen LogP contribution in [-0.2, 0) is 12.0 Å². The van der Waals surface area contributed by atoms with E-state index >= 15 is 0 Å². The molecule has 3 aromatic rings. The molecule has 0 saturated heterocycles. The third-order valence-corrected chi connectivity index (χ3v) is 4.39. The summed E-state index contributed by atoms with van der Waals surface area (Å²) in [5.74, 6) is 1.55. The van der Waals surface area contributed by atoms with Crippen molar-refractivity contribution < 1.29 is 4.74 Å². The summed E-state index contributed by atoms with van der Waals surface area (Å²) in [6.07, 6.45) is 5.36. The average molecular weight is 377 g/mol. The van der Waals surface area contributed by atoms with Crippen molar-refractivity contribution in [2.24, 2.45) is 5.10 Å². The van der Waals surface area contributed by atoms with E-state index in [1.807, 2.05) is 49.1 Å². The van der Waals surface area contributed by atoms with Crippen LogP contribution in [-0.4, -0.2) is 34.5 Å². The highest BCUT2D eigenvalue weighted by molar-refractivity contribution is 6.02. The molecule has 0 bridgehead atoms. The first kappa shape index (κ1) is 19.7. The summed E-state index contributed by atoms with van der Waals surface area (Å²) in [5, 5.41) is 6.41. The fourth-order valence-electron chi connectivity index (χ4n) is 2.86. The topological polar surface area (TPSA) is 42.6 Å². The van der Waals surface area contributed by atoms with Crippen LogP contribution in [0.2, 0.25) is 0 Å². The van der Waals surface area contributed by atoms with Gasteiger partial charge >= 0.3 is 0 Å². The number of hydrazone groups is 1. The van der Waals surface area contributed by atoms with Crippen molar-refractivity contribution in [3.8, 4) is 5.75 Å². The highest BCUT2D eigenvalue weighted by Crippen LogP contribution is 2.24. The highest BCUT2D eigenvalue weighted by atomic mass is 16.5. The van der Waals surface area contributed by atoms with Crippen LogP contribution < -0.4 is 4.74 Å². The molecule has 0 saturated carbocycles. The summed E-state index contributed by atoms with van der Waals surface area (Å²) in [7, 11) is 3.80. The normalized spacial score (nSPS) is 12.1. The number of aromatic nitrogens is 2. The van der Waals surface area contributed by atoms with E-state index in [4.69, 9.17) is 4.74 Å². The summed E-state index contributed by atoms with van der Waals surface area (Å²) in [6.45, 7) is 7.16. The molecule has 0 spiro atoms. The second kappa shape index (κ2) is 8.30. The van der Waals surface area contributed by atoms with Gasteiger partial charge in [0.15, 0.2) is 5.84 Å². The van der Waals surface area contributed by atoms with E-state index in [1.165, 1.54) is 5.56 Å². The summed E-state index contributed by atoms with van der Waals surface area (Å²) in [6, 6.07) is 16.6. The van der Waals surface area contributed by atoms with Gasteiger partial charge in [-0.05, 0) is 28.7 Å². The van der Waals surface area contributed by atoms with E-state index in [-0.39, 0.29) is 5.41 Å². The van der Waals surface area contributed by atoms with Gasteiger partial charge in [-0.25, -0.2) is 4.98 Å². The fraction of sp³-hybridized carbons (Fsp3) is 0.304. The molecule has 5 heteroatoms. The molecule has 0 aliphatic heterocycles. The standard InChI is InChI=1S/C23H28N4O/c1-23(2,3)19-12-10-18(11-13-19)16-28-21-9-7-6-8-20(21)22(25-26(4)5)27-15-14-24-17-27/h6-15,17H,16H2,1-5H3. The number of rotatable bonds is 5. The van der Waals surface area contributed by atoms with Gasteiger partial charge in [-0.15, -0.1) is 0 Å². The molecule has 0 N–H and O–H groups in total. The molecule has 0 amide bonds. The number of ether oxygens (including phenoxy) is 1. The Labute approximate surface area is 167 Å². The molecule has 28 heavy (non-hydrogen) atoms. The average Bonchev–Trinajstić information content (AvgIpc) is 3.19. The molecule has 0 atom stereocenters. The molecular weight excluding hydrogens is 348 g/mol. The van der Waals surface area contributed by atoms with Crippen molar-refractivity contribution in [2.45, 2.75) is 32.8 Å². The lowest BCUT2D eigenvalue weighted by atomic mass is 9.87. The molecule has 2 aromatic carbocycles. The van der Waals surface area contributed by atoms with Crippen LogP contribution in [0.15, 0.2) is 72.4 Å². The van der Waals surface area contributed by atoms with Crippen LogP contribution in [0, 0.1) is 0 Å². The maximum Gasteiger partial charge on any atom is 0.168 e. The molecule has 0 aliphatic carbocycles. The van der Waals surface area contributed by atoms with E-state index in [0.29, 0.717) is 6.61 Å². The van der Waals surface area contributed by atoms with E-state index < -0.39 is 0 Å². The molecule has 0 fully saturated rings. The third kappa shape index (κ3) is 4.80. The van der Waals surface area contributed by atoms with Crippen molar-refractivity contribution in [1.29, 1.82) is 0 Å². The lowest BCUT2D eigenvalue weighted by molar-refractivity contribution is 0.305. The Hall–Kier alpha value is -3.08. The van der Waals surface area contributed by atoms with Crippen LogP contribution in [0.5, 0.6) is 5.75 Å². The molecular formula is C23H28N4O. The molecule has 146 valence electrons. The number of nitrogens with zero attached hydrogens (tertiary/aromatic N) is 4. The largest absolute Gasteiger partial charge is 0.488 e. The van der Waals surface area contributed by atoms with Crippen molar-refractivity contribution in [3.05, 3.63) is 83.9 Å². The first-order valence-electron chi connectivity index (χ1n) is 9.40. The zero-order chi connectivity index (χ0) is 20.1. The zero-order valence-corrected chi connectivity index (χ0v) is 17.3. The number of benzene rings is 2. The molecule has 1 heterocycles. The van der Waals surface area contributed by atoms with Crippen LogP contribution in [0.1, 0.15) is 37.5 Å². The maximum absolute atomic E-state index is 6.18. The van der Waals surface area contributed by atoms with E-state index in [9.17, 15) is 0 Å². The first-order chi connectivity index (χ1) is 13.3. The summed E-state index contributed by atoms with van der Waals surface area (Å²) in [5.41, 5.74) is 3.52. The van der Waals surface area contributed by atoms with Crippen molar-refractivity contribution in [2.75, 3.05) is 14.1 Å². The molecule has 1 aromatic heterocycles. The van der Waals surface area contributed by atoms with Crippen molar-refractivity contribution in [3.63, 3.8) is 0 Å². The lowest BCUT2D eigenvalue weighted by Crippen LogP contribution is -2.18. The smallest absolute Gasteiger partial charge is 0.168 e. The lowest BCUT2D eigenvalue weighted by Gasteiger charge is -2.19. The van der Waals surface area contributed by atoms with Crippen LogP contribution in [0.4, 0.5) is 0 Å². The summed E-state index contributed by atoms with van der Waals surface area (Å²) >= 11 is 0.